The summed E-state index contributed by atoms with van der Waals surface area (Å²) in [5, 5.41) is 7.52. The molecule has 1 fully saturated rings. The van der Waals surface area contributed by atoms with Crippen molar-refractivity contribution in [3.63, 3.8) is 0 Å². The van der Waals surface area contributed by atoms with Crippen LogP contribution < -0.4 is 20.4 Å². The molecule has 3 aromatic rings. The maximum atomic E-state index is 5.44. The van der Waals surface area contributed by atoms with Gasteiger partial charge in [-0.1, -0.05) is 34.1 Å². The molecule has 1 saturated heterocycles. The number of anilines is 4. The van der Waals surface area contributed by atoms with E-state index in [1.54, 1.807) is 13.3 Å². The Balaban J connectivity index is 1.58. The van der Waals surface area contributed by atoms with Gasteiger partial charge >= 0.3 is 0 Å². The van der Waals surface area contributed by atoms with E-state index in [2.05, 4.69) is 51.6 Å². The summed E-state index contributed by atoms with van der Waals surface area (Å²) < 4.78 is 11.7. The average molecular weight is 484 g/mol. The first-order chi connectivity index (χ1) is 15.2. The highest BCUT2D eigenvalue weighted by Crippen LogP contribution is 2.22. The van der Waals surface area contributed by atoms with Gasteiger partial charge in [-0.25, -0.2) is 5.43 Å². The van der Waals surface area contributed by atoms with Gasteiger partial charge < -0.3 is 19.7 Å². The Labute approximate surface area is 188 Å². The summed E-state index contributed by atoms with van der Waals surface area (Å²) in [4.78, 5) is 15.6. The molecule has 0 spiro atoms. The summed E-state index contributed by atoms with van der Waals surface area (Å²) in [6.45, 7) is 2.70. The molecule has 9 nitrogen and oxygen atoms in total. The van der Waals surface area contributed by atoms with Gasteiger partial charge in [0.25, 0.3) is 0 Å². The molecule has 1 aliphatic heterocycles. The quantitative estimate of drug-likeness (QED) is 0.388. The first-order valence-electron chi connectivity index (χ1n) is 9.75. The van der Waals surface area contributed by atoms with Gasteiger partial charge in [-0.15, -0.1) is 0 Å². The number of para-hydroxylation sites is 1. The van der Waals surface area contributed by atoms with Crippen molar-refractivity contribution in [3.05, 3.63) is 58.6 Å². The third-order valence-corrected chi connectivity index (χ3v) is 5.00. The molecule has 160 valence electrons. The number of hydrazone groups is 1. The number of hydrogen-bond acceptors (Lipinski definition) is 9. The van der Waals surface area contributed by atoms with Crippen LogP contribution in [-0.4, -0.2) is 54.6 Å². The van der Waals surface area contributed by atoms with Gasteiger partial charge in [0.1, 0.15) is 5.75 Å². The Bertz CT molecular complexity index is 1040. The lowest BCUT2D eigenvalue weighted by Gasteiger charge is -2.27. The Morgan fingerprint density at radius 1 is 1.06 bits per heavy atom. The molecule has 0 atom stereocenters. The van der Waals surface area contributed by atoms with Crippen molar-refractivity contribution in [2.45, 2.75) is 0 Å². The normalized spacial score (nSPS) is 13.9. The second-order valence-corrected chi connectivity index (χ2v) is 7.55. The van der Waals surface area contributed by atoms with Crippen molar-refractivity contribution in [2.75, 3.05) is 49.1 Å². The van der Waals surface area contributed by atoms with E-state index in [-0.39, 0.29) is 0 Å². The number of halogens is 1. The number of morpholine rings is 1. The van der Waals surface area contributed by atoms with Crippen molar-refractivity contribution < 1.29 is 9.47 Å². The highest BCUT2D eigenvalue weighted by atomic mass is 79.9. The molecular formula is C21H22BrN7O2. The molecule has 0 saturated carbocycles. The van der Waals surface area contributed by atoms with Crippen LogP contribution in [0.15, 0.2) is 58.1 Å². The molecule has 1 aromatic heterocycles. The van der Waals surface area contributed by atoms with Crippen LogP contribution in [0.1, 0.15) is 5.56 Å². The first-order valence-corrected chi connectivity index (χ1v) is 10.5. The first kappa shape index (κ1) is 21.0. The molecule has 2 heterocycles. The van der Waals surface area contributed by atoms with E-state index >= 15 is 0 Å². The third-order valence-electron chi connectivity index (χ3n) is 4.51. The van der Waals surface area contributed by atoms with Crippen LogP contribution in [0, 0.1) is 0 Å². The number of hydrogen-bond donors (Lipinski definition) is 2. The Morgan fingerprint density at radius 3 is 2.61 bits per heavy atom. The lowest BCUT2D eigenvalue weighted by atomic mass is 10.2. The number of nitrogens with zero attached hydrogens (tertiary/aromatic N) is 5. The zero-order valence-electron chi connectivity index (χ0n) is 17.0. The van der Waals surface area contributed by atoms with E-state index in [4.69, 9.17) is 9.47 Å². The predicted octanol–water partition coefficient (Wildman–Crippen LogP) is 3.67. The Hall–Kier alpha value is -3.24. The summed E-state index contributed by atoms with van der Waals surface area (Å²) in [5.74, 6) is 2.04. The lowest BCUT2D eigenvalue weighted by molar-refractivity contribution is 0.122. The van der Waals surface area contributed by atoms with Crippen LogP contribution in [0.25, 0.3) is 0 Å². The molecule has 1 aliphatic rings. The van der Waals surface area contributed by atoms with Crippen LogP contribution in [0.4, 0.5) is 23.5 Å². The highest BCUT2D eigenvalue weighted by Gasteiger charge is 2.16. The van der Waals surface area contributed by atoms with Gasteiger partial charge in [0.05, 0.1) is 26.5 Å². The monoisotopic (exact) mass is 483 g/mol. The number of methoxy groups -OCH3 is 1. The molecule has 0 aliphatic carbocycles. The van der Waals surface area contributed by atoms with Gasteiger partial charge in [0.2, 0.25) is 17.8 Å². The molecule has 10 heteroatoms. The summed E-state index contributed by atoms with van der Waals surface area (Å²) in [7, 11) is 1.62. The van der Waals surface area contributed by atoms with Crippen LogP contribution in [-0.2, 0) is 4.74 Å². The van der Waals surface area contributed by atoms with Gasteiger partial charge in [-0.2, -0.15) is 20.1 Å². The fraction of sp³-hybridized carbons (Fsp3) is 0.238. The third kappa shape index (κ3) is 5.68. The number of ether oxygens (including phenoxy) is 2. The standard InChI is InChI=1S/C21H22BrN7O2/c1-30-18-8-7-16(22)13-15(18)14-23-28-20-25-19(24-17-5-3-2-4-6-17)26-21(27-20)29-9-11-31-12-10-29/h2-8,13-14H,9-12H2,1H3,(H2,24,25,26,27,28). The second kappa shape index (κ2) is 10.2. The van der Waals surface area contributed by atoms with E-state index in [1.807, 2.05) is 48.5 Å². The van der Waals surface area contributed by atoms with Gasteiger partial charge in [-0.3, -0.25) is 0 Å². The largest absolute Gasteiger partial charge is 0.496 e. The Kier molecular flexibility index (Phi) is 6.90. The molecule has 0 radical (unpaired) electrons. The predicted molar refractivity (Wildman–Crippen MR) is 124 cm³/mol. The second-order valence-electron chi connectivity index (χ2n) is 6.63. The minimum atomic E-state index is 0.333. The fourth-order valence-electron chi connectivity index (χ4n) is 2.99. The smallest absolute Gasteiger partial charge is 0.250 e. The number of benzene rings is 2. The molecule has 4 rings (SSSR count). The summed E-state index contributed by atoms with van der Waals surface area (Å²) in [6.07, 6.45) is 1.66. The number of rotatable bonds is 7. The molecule has 31 heavy (non-hydrogen) atoms. The van der Waals surface area contributed by atoms with Gasteiger partial charge in [0, 0.05) is 28.8 Å². The number of nitrogens with one attached hydrogen (secondary N) is 2. The van der Waals surface area contributed by atoms with Gasteiger partial charge in [0.15, 0.2) is 0 Å². The number of aromatic nitrogens is 3. The van der Waals surface area contributed by atoms with Crippen LogP contribution in [0.3, 0.4) is 0 Å². The minimum Gasteiger partial charge on any atom is -0.496 e. The topological polar surface area (TPSA) is 96.8 Å². The molecular weight excluding hydrogens is 462 g/mol. The molecule has 0 amide bonds. The SMILES string of the molecule is COc1ccc(Br)cc1C=NNc1nc(Nc2ccccc2)nc(N2CCOCC2)n1. The maximum absolute atomic E-state index is 5.44. The van der Waals surface area contributed by atoms with Crippen molar-refractivity contribution in [1.29, 1.82) is 0 Å². The lowest BCUT2D eigenvalue weighted by Crippen LogP contribution is -2.37. The van der Waals surface area contributed by atoms with E-state index in [9.17, 15) is 0 Å². The van der Waals surface area contributed by atoms with Crippen LogP contribution in [0.2, 0.25) is 0 Å². The zero-order valence-corrected chi connectivity index (χ0v) is 18.5. The summed E-state index contributed by atoms with van der Waals surface area (Å²) in [6, 6.07) is 15.4. The Morgan fingerprint density at radius 2 is 1.84 bits per heavy atom. The minimum absolute atomic E-state index is 0.333. The fourth-order valence-corrected chi connectivity index (χ4v) is 3.37. The van der Waals surface area contributed by atoms with Gasteiger partial charge in [-0.05, 0) is 30.3 Å². The van der Waals surface area contributed by atoms with Crippen molar-refractivity contribution in [1.82, 2.24) is 15.0 Å². The zero-order chi connectivity index (χ0) is 21.5. The molecule has 0 bridgehead atoms. The van der Waals surface area contributed by atoms with E-state index in [0.717, 1.165) is 15.7 Å². The van der Waals surface area contributed by atoms with Crippen LogP contribution >= 0.6 is 15.9 Å². The average Bonchev–Trinajstić information content (AvgIpc) is 2.80. The van der Waals surface area contributed by atoms with Crippen LogP contribution in [0.5, 0.6) is 5.75 Å². The van der Waals surface area contributed by atoms with E-state index < -0.39 is 0 Å². The van der Waals surface area contributed by atoms with Crippen molar-refractivity contribution in [2.24, 2.45) is 5.10 Å². The van der Waals surface area contributed by atoms with E-state index in [1.165, 1.54) is 0 Å². The maximum Gasteiger partial charge on any atom is 0.250 e. The van der Waals surface area contributed by atoms with Crippen molar-refractivity contribution >= 4 is 45.7 Å². The highest BCUT2D eigenvalue weighted by molar-refractivity contribution is 9.10. The summed E-state index contributed by atoms with van der Waals surface area (Å²) >= 11 is 3.46. The summed E-state index contributed by atoms with van der Waals surface area (Å²) in [5.41, 5.74) is 4.61. The molecule has 2 aromatic carbocycles. The molecule has 2 N–H and O–H groups in total. The van der Waals surface area contributed by atoms with Crippen molar-refractivity contribution in [3.8, 4) is 5.75 Å². The van der Waals surface area contributed by atoms with E-state index in [0.29, 0.717) is 49.9 Å². The molecule has 0 unspecified atom stereocenters.